The van der Waals surface area contributed by atoms with Crippen molar-refractivity contribution >= 4 is 18.1 Å². The van der Waals surface area contributed by atoms with E-state index in [0.717, 1.165) is 23.8 Å². The predicted octanol–water partition coefficient (Wildman–Crippen LogP) is 2.93. The molecular formula is C25H28N2O4. The van der Waals surface area contributed by atoms with Gasteiger partial charge in [0.1, 0.15) is 6.29 Å². The molecule has 1 aliphatic carbocycles. The minimum Gasteiger partial charge on any atom is -0.380 e. The van der Waals surface area contributed by atoms with Gasteiger partial charge in [0.05, 0.1) is 18.7 Å². The van der Waals surface area contributed by atoms with Crippen LogP contribution in [0, 0.1) is 0 Å². The fourth-order valence-electron chi connectivity index (χ4n) is 4.89. The van der Waals surface area contributed by atoms with Gasteiger partial charge in [-0.2, -0.15) is 0 Å². The summed E-state index contributed by atoms with van der Waals surface area (Å²) in [5.41, 5.74) is 5.17. The molecule has 2 unspecified atom stereocenters. The number of hydrogen-bond acceptors (Lipinski definition) is 4. The number of carbonyl (C=O) groups is 3. The highest BCUT2D eigenvalue weighted by Crippen LogP contribution is 2.50. The van der Waals surface area contributed by atoms with Gasteiger partial charge in [-0.3, -0.25) is 9.59 Å². The molecular weight excluding hydrogens is 392 g/mol. The second-order valence-corrected chi connectivity index (χ2v) is 8.52. The second-order valence-electron chi connectivity index (χ2n) is 8.52. The van der Waals surface area contributed by atoms with E-state index in [-0.39, 0.29) is 29.9 Å². The molecule has 6 nitrogen and oxygen atoms in total. The zero-order valence-electron chi connectivity index (χ0n) is 18.2. The van der Waals surface area contributed by atoms with Crippen LogP contribution >= 0.6 is 0 Å². The molecule has 0 spiro atoms. The van der Waals surface area contributed by atoms with Crippen molar-refractivity contribution in [3.05, 3.63) is 59.2 Å². The predicted molar refractivity (Wildman–Crippen MR) is 118 cm³/mol. The molecule has 6 heteroatoms. The average Bonchev–Trinajstić information content (AvgIpc) is 3.35. The SMILES string of the molecule is CCC1(C)c2ccccc2-c2cc(C(=O)NCC(=O)N3C[C@H](OC)CC3C=O)ccc21. The van der Waals surface area contributed by atoms with E-state index in [0.29, 0.717) is 18.5 Å². The van der Waals surface area contributed by atoms with Crippen LogP contribution in [0.1, 0.15) is 48.2 Å². The Hall–Kier alpha value is -2.99. The number of carbonyl (C=O) groups excluding carboxylic acids is 3. The van der Waals surface area contributed by atoms with Crippen LogP contribution in [0.4, 0.5) is 0 Å². The lowest BCUT2D eigenvalue weighted by molar-refractivity contribution is -0.133. The van der Waals surface area contributed by atoms with E-state index in [2.05, 4.69) is 37.4 Å². The number of methoxy groups -OCH3 is 1. The van der Waals surface area contributed by atoms with Gasteiger partial charge in [-0.25, -0.2) is 0 Å². The standard InChI is InChI=1S/C25H28N2O4/c1-4-25(2)21-8-6-5-7-19(21)20-11-16(9-10-22(20)25)24(30)26-13-23(29)27-14-18(31-3)12-17(27)15-28/h5-11,15,17-18H,4,12-14H2,1-3H3,(H,26,30)/t17?,18-,25?/m1/s1. The third-order valence-electron chi connectivity index (χ3n) is 6.91. The van der Waals surface area contributed by atoms with Crippen molar-refractivity contribution in [2.75, 3.05) is 20.2 Å². The Balaban J connectivity index is 1.50. The number of hydrogen-bond donors (Lipinski definition) is 1. The van der Waals surface area contributed by atoms with Gasteiger partial charge in [0, 0.05) is 31.1 Å². The summed E-state index contributed by atoms with van der Waals surface area (Å²) in [5.74, 6) is -0.584. The Bertz CT molecular complexity index is 1030. The number of nitrogens with one attached hydrogen (secondary N) is 1. The Morgan fingerprint density at radius 1 is 1.19 bits per heavy atom. The molecule has 2 aliphatic rings. The number of aldehydes is 1. The number of benzene rings is 2. The fraction of sp³-hybridized carbons (Fsp3) is 0.400. The number of fused-ring (bicyclic) bond motifs is 3. The first-order chi connectivity index (χ1) is 14.9. The molecule has 0 aromatic heterocycles. The Morgan fingerprint density at radius 3 is 2.65 bits per heavy atom. The van der Waals surface area contributed by atoms with E-state index < -0.39 is 6.04 Å². The summed E-state index contributed by atoms with van der Waals surface area (Å²) >= 11 is 0. The maximum absolute atomic E-state index is 12.8. The molecule has 4 rings (SSSR count). The summed E-state index contributed by atoms with van der Waals surface area (Å²) in [7, 11) is 1.57. The van der Waals surface area contributed by atoms with E-state index >= 15 is 0 Å². The van der Waals surface area contributed by atoms with Crippen molar-refractivity contribution < 1.29 is 19.1 Å². The first kappa shape index (κ1) is 21.2. The molecule has 162 valence electrons. The van der Waals surface area contributed by atoms with Gasteiger partial charge in [0.2, 0.25) is 5.91 Å². The molecule has 2 amide bonds. The van der Waals surface area contributed by atoms with Crippen LogP contribution in [0.15, 0.2) is 42.5 Å². The van der Waals surface area contributed by atoms with E-state index in [1.54, 1.807) is 7.11 Å². The van der Waals surface area contributed by atoms with Gasteiger partial charge in [0.15, 0.2) is 0 Å². The van der Waals surface area contributed by atoms with Gasteiger partial charge in [-0.1, -0.05) is 44.2 Å². The first-order valence-corrected chi connectivity index (χ1v) is 10.7. The average molecular weight is 421 g/mol. The van der Waals surface area contributed by atoms with E-state index in [1.807, 2.05) is 24.3 Å². The zero-order chi connectivity index (χ0) is 22.2. The number of amides is 2. The lowest BCUT2D eigenvalue weighted by Gasteiger charge is -2.25. The fourth-order valence-corrected chi connectivity index (χ4v) is 4.89. The van der Waals surface area contributed by atoms with Gasteiger partial charge in [-0.05, 0) is 40.8 Å². The van der Waals surface area contributed by atoms with E-state index in [1.165, 1.54) is 16.0 Å². The van der Waals surface area contributed by atoms with Crippen molar-refractivity contribution in [1.29, 1.82) is 0 Å². The van der Waals surface area contributed by atoms with Crippen molar-refractivity contribution in [2.24, 2.45) is 0 Å². The lowest BCUT2D eigenvalue weighted by atomic mass is 9.78. The molecule has 3 atom stereocenters. The summed E-state index contributed by atoms with van der Waals surface area (Å²) in [5, 5.41) is 2.72. The van der Waals surface area contributed by atoms with Crippen LogP contribution in [-0.2, 0) is 19.7 Å². The van der Waals surface area contributed by atoms with Crippen molar-refractivity contribution in [2.45, 2.75) is 44.2 Å². The smallest absolute Gasteiger partial charge is 0.251 e. The summed E-state index contributed by atoms with van der Waals surface area (Å²) in [4.78, 5) is 38.2. The maximum atomic E-state index is 12.8. The quantitative estimate of drug-likeness (QED) is 0.729. The summed E-state index contributed by atoms with van der Waals surface area (Å²) in [6, 6.07) is 13.6. The second kappa shape index (κ2) is 8.27. The third-order valence-corrected chi connectivity index (χ3v) is 6.91. The van der Waals surface area contributed by atoms with Crippen LogP contribution in [0.5, 0.6) is 0 Å². The van der Waals surface area contributed by atoms with Gasteiger partial charge >= 0.3 is 0 Å². The Kier molecular flexibility index (Phi) is 5.67. The van der Waals surface area contributed by atoms with Crippen LogP contribution in [0.25, 0.3) is 11.1 Å². The molecule has 31 heavy (non-hydrogen) atoms. The number of nitrogens with zero attached hydrogens (tertiary/aromatic N) is 1. The largest absolute Gasteiger partial charge is 0.380 e. The molecule has 2 aromatic rings. The zero-order valence-corrected chi connectivity index (χ0v) is 18.2. The topological polar surface area (TPSA) is 75.7 Å². The Labute approximate surface area is 182 Å². The highest BCUT2D eigenvalue weighted by Gasteiger charge is 2.38. The lowest BCUT2D eigenvalue weighted by Crippen LogP contribution is -2.43. The minimum atomic E-state index is -0.502. The molecule has 1 N–H and O–H groups in total. The summed E-state index contributed by atoms with van der Waals surface area (Å²) in [6.07, 6.45) is 2.06. The number of ether oxygens (including phenoxy) is 1. The van der Waals surface area contributed by atoms with Gasteiger partial charge < -0.3 is 19.7 Å². The molecule has 0 radical (unpaired) electrons. The summed E-state index contributed by atoms with van der Waals surface area (Å²) in [6.45, 7) is 4.62. The van der Waals surface area contributed by atoms with Gasteiger partial charge in [0.25, 0.3) is 5.91 Å². The van der Waals surface area contributed by atoms with Crippen LogP contribution < -0.4 is 5.32 Å². The highest BCUT2D eigenvalue weighted by molar-refractivity contribution is 5.99. The molecule has 0 saturated carbocycles. The van der Waals surface area contributed by atoms with Crippen molar-refractivity contribution in [3.63, 3.8) is 0 Å². The first-order valence-electron chi connectivity index (χ1n) is 10.7. The number of likely N-dealkylation sites (tertiary alicyclic amines) is 1. The van der Waals surface area contributed by atoms with Crippen molar-refractivity contribution in [1.82, 2.24) is 10.2 Å². The summed E-state index contributed by atoms with van der Waals surface area (Å²) < 4.78 is 5.28. The van der Waals surface area contributed by atoms with Crippen LogP contribution in [0.3, 0.4) is 0 Å². The normalized spacial score (nSPS) is 23.9. The highest BCUT2D eigenvalue weighted by atomic mass is 16.5. The molecule has 1 fully saturated rings. The van der Waals surface area contributed by atoms with E-state index in [4.69, 9.17) is 4.74 Å². The number of rotatable bonds is 6. The van der Waals surface area contributed by atoms with Crippen LogP contribution in [0.2, 0.25) is 0 Å². The molecule has 1 aliphatic heterocycles. The third kappa shape index (κ3) is 3.55. The maximum Gasteiger partial charge on any atom is 0.251 e. The van der Waals surface area contributed by atoms with Crippen LogP contribution in [-0.4, -0.2) is 55.3 Å². The van der Waals surface area contributed by atoms with Gasteiger partial charge in [-0.15, -0.1) is 0 Å². The molecule has 2 aromatic carbocycles. The Morgan fingerprint density at radius 2 is 1.94 bits per heavy atom. The molecule has 1 heterocycles. The molecule has 0 bridgehead atoms. The molecule has 1 saturated heterocycles. The monoisotopic (exact) mass is 420 g/mol. The minimum absolute atomic E-state index is 0.0750. The van der Waals surface area contributed by atoms with E-state index in [9.17, 15) is 14.4 Å². The van der Waals surface area contributed by atoms with Crippen molar-refractivity contribution in [3.8, 4) is 11.1 Å².